The zero-order valence-corrected chi connectivity index (χ0v) is 11.9. The van der Waals surface area contributed by atoms with Crippen LogP contribution in [-0.2, 0) is 11.2 Å². The minimum atomic E-state index is -0.896. The maximum absolute atomic E-state index is 10.6. The molecule has 2 heteroatoms. The van der Waals surface area contributed by atoms with Gasteiger partial charge in [-0.3, -0.25) is 0 Å². The fraction of sp³-hybridized carbons (Fsp3) is 0.471. The molecular weight excluding hydrogens is 236 g/mol. The second-order valence-electron chi connectivity index (χ2n) is 4.99. The summed E-state index contributed by atoms with van der Waals surface area (Å²) in [6.07, 6.45) is 8.89. The Balaban J connectivity index is 2.78. The Hall–Kier alpha value is -1.57. The summed E-state index contributed by atoms with van der Waals surface area (Å²) in [7, 11) is 0. The molecule has 1 N–H and O–H groups in total. The molecule has 0 amide bonds. The third-order valence-corrected chi connectivity index (χ3v) is 3.51. The van der Waals surface area contributed by atoms with Gasteiger partial charge in [-0.2, -0.15) is 0 Å². The number of carboxylic acids is 1. The van der Waals surface area contributed by atoms with Crippen molar-refractivity contribution in [2.45, 2.75) is 46.0 Å². The van der Waals surface area contributed by atoms with Crippen molar-refractivity contribution < 1.29 is 9.90 Å². The zero-order chi connectivity index (χ0) is 14.1. The number of carbonyl (C=O) groups is 1. The number of unbranched alkanes of at least 4 members (excludes halogenated alkanes) is 1. The van der Waals surface area contributed by atoms with Gasteiger partial charge in [-0.25, -0.2) is 4.79 Å². The third kappa shape index (κ3) is 5.73. The summed E-state index contributed by atoms with van der Waals surface area (Å²) in [6, 6.07) is 8.08. The summed E-state index contributed by atoms with van der Waals surface area (Å²) in [5, 5.41) is 8.72. The van der Waals surface area contributed by atoms with Crippen molar-refractivity contribution in [3.8, 4) is 0 Å². The van der Waals surface area contributed by atoms with E-state index in [1.807, 2.05) is 18.2 Å². The van der Waals surface area contributed by atoms with Gasteiger partial charge < -0.3 is 5.11 Å². The number of hydrogen-bond donors (Lipinski definition) is 1. The summed E-state index contributed by atoms with van der Waals surface area (Å²) in [5.41, 5.74) is 2.28. The van der Waals surface area contributed by atoms with Crippen LogP contribution in [0.25, 0.3) is 6.08 Å². The first-order valence-electron chi connectivity index (χ1n) is 7.16. The van der Waals surface area contributed by atoms with E-state index in [-0.39, 0.29) is 0 Å². The van der Waals surface area contributed by atoms with Gasteiger partial charge in [0.15, 0.2) is 0 Å². The van der Waals surface area contributed by atoms with Crippen LogP contribution in [0.4, 0.5) is 0 Å². The van der Waals surface area contributed by atoms with E-state index in [1.54, 1.807) is 6.08 Å². The van der Waals surface area contributed by atoms with Crippen LogP contribution in [0, 0.1) is 5.92 Å². The molecule has 0 saturated heterocycles. The average molecular weight is 260 g/mol. The molecule has 0 fully saturated rings. The molecule has 1 aromatic rings. The van der Waals surface area contributed by atoms with Crippen LogP contribution in [0.5, 0.6) is 0 Å². The van der Waals surface area contributed by atoms with Gasteiger partial charge in [0.2, 0.25) is 0 Å². The van der Waals surface area contributed by atoms with Crippen molar-refractivity contribution >= 4 is 12.0 Å². The minimum Gasteiger partial charge on any atom is -0.478 e. The van der Waals surface area contributed by atoms with Gasteiger partial charge >= 0.3 is 5.97 Å². The standard InChI is InChI=1S/C17H24O2/c1-3-5-8-14(4-2)13-16-10-7-6-9-15(16)11-12-17(18)19/h6-7,9-12,14H,3-5,8,13H2,1-2H3,(H,18,19)/b12-11+. The molecule has 2 nitrogen and oxygen atoms in total. The Morgan fingerprint density at radius 2 is 2.05 bits per heavy atom. The van der Waals surface area contributed by atoms with E-state index in [2.05, 4.69) is 19.9 Å². The Morgan fingerprint density at radius 1 is 1.32 bits per heavy atom. The first-order valence-corrected chi connectivity index (χ1v) is 7.16. The lowest BCUT2D eigenvalue weighted by atomic mass is 9.90. The predicted molar refractivity (Wildman–Crippen MR) is 80.1 cm³/mol. The van der Waals surface area contributed by atoms with Crippen LogP contribution < -0.4 is 0 Å². The van der Waals surface area contributed by atoms with E-state index in [0.717, 1.165) is 12.0 Å². The largest absolute Gasteiger partial charge is 0.478 e. The average Bonchev–Trinajstić information content (AvgIpc) is 2.42. The SMILES string of the molecule is CCCCC(CC)Cc1ccccc1/C=C/C(=O)O. The van der Waals surface area contributed by atoms with Gasteiger partial charge in [-0.15, -0.1) is 0 Å². The highest BCUT2D eigenvalue weighted by Crippen LogP contribution is 2.21. The molecule has 0 aliphatic carbocycles. The highest BCUT2D eigenvalue weighted by atomic mass is 16.4. The molecule has 0 spiro atoms. The molecule has 0 aromatic heterocycles. The molecule has 1 atom stereocenters. The summed E-state index contributed by atoms with van der Waals surface area (Å²) < 4.78 is 0. The Kier molecular flexibility index (Phi) is 6.94. The monoisotopic (exact) mass is 260 g/mol. The maximum atomic E-state index is 10.6. The highest BCUT2D eigenvalue weighted by molar-refractivity contribution is 5.85. The van der Waals surface area contributed by atoms with Crippen molar-refractivity contribution in [2.75, 3.05) is 0 Å². The van der Waals surface area contributed by atoms with Crippen molar-refractivity contribution in [3.05, 3.63) is 41.5 Å². The van der Waals surface area contributed by atoms with E-state index in [1.165, 1.54) is 37.3 Å². The van der Waals surface area contributed by atoms with Crippen LogP contribution in [0.3, 0.4) is 0 Å². The molecule has 1 aromatic carbocycles. The highest BCUT2D eigenvalue weighted by Gasteiger charge is 2.09. The van der Waals surface area contributed by atoms with Crippen molar-refractivity contribution in [3.63, 3.8) is 0 Å². The van der Waals surface area contributed by atoms with Crippen LogP contribution >= 0.6 is 0 Å². The Bertz CT molecular complexity index is 421. The van der Waals surface area contributed by atoms with Gasteiger partial charge in [0, 0.05) is 6.08 Å². The van der Waals surface area contributed by atoms with Crippen LogP contribution in [0.15, 0.2) is 30.3 Å². The topological polar surface area (TPSA) is 37.3 Å². The van der Waals surface area contributed by atoms with Crippen molar-refractivity contribution in [1.82, 2.24) is 0 Å². The summed E-state index contributed by atoms with van der Waals surface area (Å²) in [4.78, 5) is 10.6. The van der Waals surface area contributed by atoms with E-state index in [4.69, 9.17) is 5.11 Å². The molecule has 0 saturated carbocycles. The van der Waals surface area contributed by atoms with Gasteiger partial charge in [0.05, 0.1) is 0 Å². The molecule has 0 aliphatic heterocycles. The summed E-state index contributed by atoms with van der Waals surface area (Å²) in [5.74, 6) is -0.202. The number of carboxylic acid groups (broad SMARTS) is 1. The van der Waals surface area contributed by atoms with E-state index in [9.17, 15) is 4.79 Å². The Morgan fingerprint density at radius 3 is 2.68 bits per heavy atom. The summed E-state index contributed by atoms with van der Waals surface area (Å²) >= 11 is 0. The molecule has 104 valence electrons. The predicted octanol–water partition coefficient (Wildman–Crippen LogP) is 4.54. The van der Waals surface area contributed by atoms with E-state index >= 15 is 0 Å². The van der Waals surface area contributed by atoms with Crippen LogP contribution in [-0.4, -0.2) is 11.1 Å². The van der Waals surface area contributed by atoms with Gasteiger partial charge in [-0.1, -0.05) is 63.8 Å². The number of benzene rings is 1. The van der Waals surface area contributed by atoms with Gasteiger partial charge in [-0.05, 0) is 29.5 Å². The fourth-order valence-corrected chi connectivity index (χ4v) is 2.30. The second kappa shape index (κ2) is 8.52. The molecule has 0 heterocycles. The molecule has 0 aliphatic rings. The normalized spacial score (nSPS) is 12.7. The second-order valence-corrected chi connectivity index (χ2v) is 4.99. The first kappa shape index (κ1) is 15.5. The first-order chi connectivity index (χ1) is 9.17. The lowest BCUT2D eigenvalue weighted by molar-refractivity contribution is -0.131. The van der Waals surface area contributed by atoms with Crippen molar-refractivity contribution in [2.24, 2.45) is 5.92 Å². The zero-order valence-electron chi connectivity index (χ0n) is 11.9. The van der Waals surface area contributed by atoms with Gasteiger partial charge in [0.1, 0.15) is 0 Å². The van der Waals surface area contributed by atoms with Crippen molar-refractivity contribution in [1.29, 1.82) is 0 Å². The number of hydrogen-bond acceptors (Lipinski definition) is 1. The molecule has 0 bridgehead atoms. The van der Waals surface area contributed by atoms with Gasteiger partial charge in [0.25, 0.3) is 0 Å². The van der Waals surface area contributed by atoms with Crippen LogP contribution in [0.2, 0.25) is 0 Å². The molecule has 0 radical (unpaired) electrons. The maximum Gasteiger partial charge on any atom is 0.328 e. The molecule has 19 heavy (non-hydrogen) atoms. The lowest BCUT2D eigenvalue weighted by Crippen LogP contribution is -2.04. The number of rotatable bonds is 8. The quantitative estimate of drug-likeness (QED) is 0.696. The third-order valence-electron chi connectivity index (χ3n) is 3.51. The van der Waals surface area contributed by atoms with E-state index in [0.29, 0.717) is 5.92 Å². The number of aliphatic carboxylic acids is 1. The summed E-state index contributed by atoms with van der Waals surface area (Å²) in [6.45, 7) is 4.45. The van der Waals surface area contributed by atoms with Crippen LogP contribution in [0.1, 0.15) is 50.7 Å². The smallest absolute Gasteiger partial charge is 0.328 e. The minimum absolute atomic E-state index is 0.694. The Labute approximate surface area is 116 Å². The lowest BCUT2D eigenvalue weighted by Gasteiger charge is -2.16. The van der Waals surface area contributed by atoms with E-state index < -0.39 is 5.97 Å². The molecule has 1 rings (SSSR count). The molecule has 1 unspecified atom stereocenters. The molecular formula is C17H24O2. The fourth-order valence-electron chi connectivity index (χ4n) is 2.30.